The molecule has 0 unspecified atom stereocenters. The van der Waals surface area contributed by atoms with Crippen LogP contribution in [0, 0.1) is 0 Å². The number of carbonyl (C=O) groups is 3. The van der Waals surface area contributed by atoms with E-state index in [1.807, 2.05) is 30.3 Å². The first-order valence-corrected chi connectivity index (χ1v) is 5.50. The van der Waals surface area contributed by atoms with Gasteiger partial charge >= 0.3 is 11.9 Å². The van der Waals surface area contributed by atoms with Crippen LogP contribution in [0.25, 0.3) is 6.08 Å². The van der Waals surface area contributed by atoms with E-state index in [9.17, 15) is 14.4 Å². The number of nitrogens with two attached hydrogens (primary N) is 1. The van der Waals surface area contributed by atoms with Gasteiger partial charge in [0.15, 0.2) is 0 Å². The van der Waals surface area contributed by atoms with Gasteiger partial charge in [-0.15, -0.1) is 0 Å². The van der Waals surface area contributed by atoms with Crippen molar-refractivity contribution in [1.29, 1.82) is 0 Å². The number of primary amides is 1. The maximum Gasteiger partial charge on any atom is 0.331 e. The third-order valence-electron chi connectivity index (χ3n) is 1.91. The van der Waals surface area contributed by atoms with Crippen molar-refractivity contribution in [3.05, 3.63) is 53.6 Å². The smallest absolute Gasteiger partial charge is 0.331 e. The van der Waals surface area contributed by atoms with Crippen LogP contribution in [0.2, 0.25) is 0 Å². The fraction of sp³-hybridized carbons (Fsp3) is 0.0714. The molecule has 0 aliphatic rings. The average Bonchev–Trinajstić information content (AvgIpc) is 2.38. The van der Waals surface area contributed by atoms with Crippen LogP contribution in [-0.2, 0) is 14.4 Å². The van der Waals surface area contributed by atoms with Gasteiger partial charge in [-0.05, 0) is 18.6 Å². The highest BCUT2D eigenvalue weighted by atomic mass is 16.4. The monoisotopic (exact) mass is 277 g/mol. The lowest BCUT2D eigenvalue weighted by atomic mass is 10.1. The summed E-state index contributed by atoms with van der Waals surface area (Å²) in [5.41, 5.74) is 5.81. The summed E-state index contributed by atoms with van der Waals surface area (Å²) >= 11 is 0. The number of benzene rings is 1. The topological polar surface area (TPSA) is 118 Å². The maximum atomic E-state index is 10.4. The molecule has 0 aliphatic heterocycles. The molecule has 0 heterocycles. The number of carboxylic acid groups (broad SMARTS) is 2. The van der Waals surface area contributed by atoms with Crippen molar-refractivity contribution in [2.45, 2.75) is 6.92 Å². The molecule has 0 saturated carbocycles. The molecule has 0 atom stereocenters. The van der Waals surface area contributed by atoms with Gasteiger partial charge in [-0.2, -0.15) is 0 Å². The van der Waals surface area contributed by atoms with Gasteiger partial charge in [0, 0.05) is 17.7 Å². The quantitative estimate of drug-likeness (QED) is 0.717. The molecule has 1 rings (SSSR count). The van der Waals surface area contributed by atoms with Crippen LogP contribution in [0.4, 0.5) is 0 Å². The Labute approximate surface area is 115 Å². The van der Waals surface area contributed by atoms with E-state index in [0.29, 0.717) is 11.6 Å². The molecule has 0 saturated heterocycles. The number of carboxylic acids is 2. The minimum Gasteiger partial charge on any atom is -0.478 e. The molecular weight excluding hydrogens is 262 g/mol. The second-order valence-electron chi connectivity index (χ2n) is 3.62. The van der Waals surface area contributed by atoms with Crippen molar-refractivity contribution in [2.24, 2.45) is 5.73 Å². The van der Waals surface area contributed by atoms with Crippen LogP contribution in [0.3, 0.4) is 0 Å². The first kappa shape index (κ1) is 17.1. The van der Waals surface area contributed by atoms with Crippen molar-refractivity contribution in [3.63, 3.8) is 0 Å². The van der Waals surface area contributed by atoms with Gasteiger partial charge in [-0.25, -0.2) is 9.59 Å². The zero-order chi connectivity index (χ0) is 15.5. The third kappa shape index (κ3) is 9.17. The molecule has 1 aromatic rings. The molecule has 0 fully saturated rings. The summed E-state index contributed by atoms with van der Waals surface area (Å²) < 4.78 is 0. The highest BCUT2D eigenvalue weighted by Crippen LogP contribution is 2.05. The average molecular weight is 277 g/mol. The number of amides is 1. The predicted molar refractivity (Wildman–Crippen MR) is 73.7 cm³/mol. The predicted octanol–water partition coefficient (Wildman–Crippen LogP) is 1.29. The molecule has 0 spiro atoms. The van der Waals surface area contributed by atoms with E-state index in [1.54, 1.807) is 13.0 Å². The van der Waals surface area contributed by atoms with E-state index in [0.717, 1.165) is 11.6 Å². The number of rotatable bonds is 4. The Morgan fingerprint density at radius 1 is 1.05 bits per heavy atom. The Kier molecular flexibility index (Phi) is 7.78. The molecule has 6 heteroatoms. The summed E-state index contributed by atoms with van der Waals surface area (Å²) in [6.45, 7) is 1.58. The van der Waals surface area contributed by atoms with E-state index in [1.165, 1.54) is 0 Å². The fourth-order valence-electron chi connectivity index (χ4n) is 1.01. The first-order valence-electron chi connectivity index (χ1n) is 5.50. The Hall–Kier alpha value is -2.89. The lowest BCUT2D eigenvalue weighted by Gasteiger charge is -1.93. The number of carbonyl (C=O) groups excluding carboxylic acids is 1. The van der Waals surface area contributed by atoms with Gasteiger partial charge in [0.05, 0.1) is 0 Å². The van der Waals surface area contributed by atoms with Gasteiger partial charge in [0.1, 0.15) is 0 Å². The minimum absolute atomic E-state index is 0.348. The Bertz CT molecular complexity index is 516. The summed E-state index contributed by atoms with van der Waals surface area (Å²) in [5.74, 6) is -2.81. The summed E-state index contributed by atoms with van der Waals surface area (Å²) in [7, 11) is 0. The molecule has 0 bridgehead atoms. The van der Waals surface area contributed by atoms with E-state index < -0.39 is 17.8 Å². The van der Waals surface area contributed by atoms with Crippen LogP contribution < -0.4 is 5.73 Å². The molecule has 20 heavy (non-hydrogen) atoms. The fourth-order valence-corrected chi connectivity index (χ4v) is 1.01. The Morgan fingerprint density at radius 2 is 1.60 bits per heavy atom. The van der Waals surface area contributed by atoms with Crippen LogP contribution in [0.15, 0.2) is 48.1 Å². The molecule has 0 aliphatic carbocycles. The zero-order valence-electron chi connectivity index (χ0n) is 10.8. The normalized spacial score (nSPS) is 10.6. The van der Waals surface area contributed by atoms with Crippen LogP contribution in [0.5, 0.6) is 0 Å². The third-order valence-corrected chi connectivity index (χ3v) is 1.91. The van der Waals surface area contributed by atoms with Crippen LogP contribution in [-0.4, -0.2) is 28.1 Å². The van der Waals surface area contributed by atoms with Crippen molar-refractivity contribution >= 4 is 23.9 Å². The molecule has 0 radical (unpaired) electrons. The number of aliphatic carboxylic acids is 2. The van der Waals surface area contributed by atoms with Crippen molar-refractivity contribution in [2.75, 3.05) is 0 Å². The second-order valence-corrected chi connectivity index (χ2v) is 3.62. The Morgan fingerprint density at radius 3 is 1.95 bits per heavy atom. The van der Waals surface area contributed by atoms with Gasteiger partial charge in [0.25, 0.3) is 0 Å². The molecule has 0 aromatic heterocycles. The van der Waals surface area contributed by atoms with Crippen molar-refractivity contribution < 1.29 is 24.6 Å². The van der Waals surface area contributed by atoms with E-state index >= 15 is 0 Å². The van der Waals surface area contributed by atoms with Crippen LogP contribution in [0.1, 0.15) is 12.5 Å². The van der Waals surface area contributed by atoms with Crippen molar-refractivity contribution in [1.82, 2.24) is 0 Å². The van der Waals surface area contributed by atoms with E-state index in [-0.39, 0.29) is 0 Å². The van der Waals surface area contributed by atoms with Gasteiger partial charge < -0.3 is 15.9 Å². The maximum absolute atomic E-state index is 10.4. The molecule has 1 amide bonds. The zero-order valence-corrected chi connectivity index (χ0v) is 10.8. The van der Waals surface area contributed by atoms with E-state index in [2.05, 4.69) is 5.73 Å². The highest BCUT2D eigenvalue weighted by molar-refractivity contribution is 5.92. The summed E-state index contributed by atoms with van der Waals surface area (Å²) in [6, 6.07) is 9.38. The highest BCUT2D eigenvalue weighted by Gasteiger charge is 1.98. The molecule has 4 N–H and O–H groups in total. The first-order chi connectivity index (χ1) is 9.32. The lowest BCUT2D eigenvalue weighted by molar-refractivity contribution is -0.133. The van der Waals surface area contributed by atoms with E-state index in [4.69, 9.17) is 10.2 Å². The van der Waals surface area contributed by atoms with Crippen molar-refractivity contribution in [3.8, 4) is 0 Å². The largest absolute Gasteiger partial charge is 0.478 e. The number of hydrogen-bond donors (Lipinski definition) is 3. The number of hydrogen-bond acceptors (Lipinski definition) is 3. The molecule has 6 nitrogen and oxygen atoms in total. The van der Waals surface area contributed by atoms with Gasteiger partial charge in [0.2, 0.25) is 5.91 Å². The summed E-state index contributed by atoms with van der Waals surface area (Å²) in [5, 5.41) is 16.4. The SMILES string of the molecule is CC(=Cc1ccccc1)C(=O)O.NC(=O)/C=C/C(=O)O. The lowest BCUT2D eigenvalue weighted by Crippen LogP contribution is -2.06. The molecule has 106 valence electrons. The summed E-state index contributed by atoms with van der Waals surface area (Å²) in [4.78, 5) is 29.8. The molecular formula is C14H15NO5. The second kappa shape index (κ2) is 9.09. The van der Waals surface area contributed by atoms with Crippen LogP contribution >= 0.6 is 0 Å². The molecule has 1 aromatic carbocycles. The summed E-state index contributed by atoms with van der Waals surface area (Å²) in [6.07, 6.45) is 3.10. The standard InChI is InChI=1S/C10H10O2.C4H5NO3/c1-8(10(11)12)7-9-5-3-2-4-6-9;5-3(6)1-2-4(7)8/h2-7H,1H3,(H,11,12);1-2H,(H2,5,6)(H,7,8)/b;2-1+. The Balaban J connectivity index is 0.000000396. The van der Waals surface area contributed by atoms with Gasteiger partial charge in [-0.3, -0.25) is 4.79 Å². The van der Waals surface area contributed by atoms with Gasteiger partial charge in [-0.1, -0.05) is 30.3 Å². The minimum atomic E-state index is -1.18.